The van der Waals surface area contributed by atoms with Crippen molar-refractivity contribution in [3.05, 3.63) is 58.4 Å². The van der Waals surface area contributed by atoms with E-state index in [-0.39, 0.29) is 0 Å². The Balaban J connectivity index is 2.11. The van der Waals surface area contributed by atoms with Crippen molar-refractivity contribution in [2.75, 3.05) is 0 Å². The van der Waals surface area contributed by atoms with Gasteiger partial charge in [0.1, 0.15) is 0 Å². The SMILES string of the molecule is Cc1c(Cl)cnn1Cc1ccc(C=CC(=O)O)cc1. The van der Waals surface area contributed by atoms with E-state index < -0.39 is 5.97 Å². The van der Waals surface area contributed by atoms with Gasteiger partial charge in [-0.25, -0.2) is 4.79 Å². The summed E-state index contributed by atoms with van der Waals surface area (Å²) in [5.41, 5.74) is 2.85. The fourth-order valence-corrected chi connectivity index (χ4v) is 1.80. The molecule has 1 aromatic carbocycles. The number of carboxylic acid groups (broad SMARTS) is 1. The van der Waals surface area contributed by atoms with Crippen LogP contribution in [0.5, 0.6) is 0 Å². The van der Waals surface area contributed by atoms with E-state index in [0.717, 1.165) is 22.9 Å². The Bertz CT molecular complexity index is 615. The first-order valence-corrected chi connectivity index (χ1v) is 6.12. The molecule has 4 nitrogen and oxygen atoms in total. The van der Waals surface area contributed by atoms with Gasteiger partial charge in [0.2, 0.25) is 0 Å². The molecule has 1 aromatic heterocycles. The Labute approximate surface area is 115 Å². The molecule has 0 amide bonds. The van der Waals surface area contributed by atoms with Crippen LogP contribution >= 0.6 is 11.6 Å². The van der Waals surface area contributed by atoms with Crippen LogP contribution in [-0.2, 0) is 11.3 Å². The lowest BCUT2D eigenvalue weighted by molar-refractivity contribution is -0.131. The smallest absolute Gasteiger partial charge is 0.328 e. The number of rotatable bonds is 4. The molecule has 0 fully saturated rings. The van der Waals surface area contributed by atoms with Crippen LogP contribution in [-0.4, -0.2) is 20.9 Å². The maximum atomic E-state index is 10.4. The molecule has 0 unspecified atom stereocenters. The number of aromatic nitrogens is 2. The molecular weight excluding hydrogens is 264 g/mol. The molecule has 0 atom stereocenters. The summed E-state index contributed by atoms with van der Waals surface area (Å²) in [5.74, 6) is -0.953. The average Bonchev–Trinajstić information content (AvgIpc) is 2.70. The number of nitrogens with zero attached hydrogens (tertiary/aromatic N) is 2. The van der Waals surface area contributed by atoms with Crippen LogP contribution in [0.25, 0.3) is 6.08 Å². The zero-order valence-corrected chi connectivity index (χ0v) is 11.1. The first kappa shape index (κ1) is 13.4. The van der Waals surface area contributed by atoms with Crippen LogP contribution < -0.4 is 0 Å². The van der Waals surface area contributed by atoms with E-state index in [1.807, 2.05) is 35.9 Å². The Morgan fingerprint density at radius 2 is 2.11 bits per heavy atom. The van der Waals surface area contributed by atoms with Gasteiger partial charge in [0.25, 0.3) is 0 Å². The topological polar surface area (TPSA) is 55.1 Å². The number of carboxylic acids is 1. The van der Waals surface area contributed by atoms with E-state index in [1.165, 1.54) is 0 Å². The average molecular weight is 277 g/mol. The fourth-order valence-electron chi connectivity index (χ4n) is 1.66. The third kappa shape index (κ3) is 3.45. The summed E-state index contributed by atoms with van der Waals surface area (Å²) in [4.78, 5) is 10.4. The standard InChI is InChI=1S/C14H13ClN2O2/c1-10-13(15)8-16-17(10)9-12-4-2-11(3-5-12)6-7-14(18)19/h2-8H,9H2,1H3,(H,18,19). The van der Waals surface area contributed by atoms with E-state index in [2.05, 4.69) is 5.10 Å². The van der Waals surface area contributed by atoms with Gasteiger partial charge in [0.05, 0.1) is 23.5 Å². The molecule has 0 radical (unpaired) electrons. The zero-order chi connectivity index (χ0) is 13.8. The van der Waals surface area contributed by atoms with Crippen LogP contribution in [0.3, 0.4) is 0 Å². The number of benzene rings is 1. The summed E-state index contributed by atoms with van der Waals surface area (Å²) >= 11 is 5.94. The molecule has 1 N–H and O–H groups in total. The predicted octanol–water partition coefficient (Wildman–Crippen LogP) is 2.99. The van der Waals surface area contributed by atoms with Crippen molar-refractivity contribution in [2.45, 2.75) is 13.5 Å². The normalized spacial score (nSPS) is 11.1. The molecule has 0 saturated carbocycles. The summed E-state index contributed by atoms with van der Waals surface area (Å²) < 4.78 is 1.82. The molecule has 2 aromatic rings. The van der Waals surface area contributed by atoms with Gasteiger partial charge in [0, 0.05) is 6.08 Å². The van der Waals surface area contributed by atoms with Gasteiger partial charge in [-0.2, -0.15) is 5.10 Å². The fraction of sp³-hybridized carbons (Fsp3) is 0.143. The second kappa shape index (κ2) is 5.71. The molecule has 0 spiro atoms. The molecule has 1 heterocycles. The van der Waals surface area contributed by atoms with E-state index >= 15 is 0 Å². The summed E-state index contributed by atoms with van der Waals surface area (Å²) in [5, 5.41) is 13.4. The quantitative estimate of drug-likeness (QED) is 0.874. The number of carbonyl (C=O) groups is 1. The molecule has 0 aliphatic heterocycles. The minimum absolute atomic E-state index is 0.640. The van der Waals surface area contributed by atoms with Gasteiger partial charge in [-0.3, -0.25) is 4.68 Å². The van der Waals surface area contributed by atoms with Gasteiger partial charge < -0.3 is 5.11 Å². The Morgan fingerprint density at radius 3 is 2.63 bits per heavy atom. The lowest BCUT2D eigenvalue weighted by Crippen LogP contribution is -2.03. The van der Waals surface area contributed by atoms with Crippen molar-refractivity contribution in [1.82, 2.24) is 9.78 Å². The first-order chi connectivity index (χ1) is 9.06. The Kier molecular flexibility index (Phi) is 4.02. The van der Waals surface area contributed by atoms with Gasteiger partial charge in [-0.1, -0.05) is 35.9 Å². The second-order valence-electron chi connectivity index (χ2n) is 4.15. The van der Waals surface area contributed by atoms with Crippen molar-refractivity contribution in [3.8, 4) is 0 Å². The van der Waals surface area contributed by atoms with Crippen molar-refractivity contribution in [2.24, 2.45) is 0 Å². The lowest BCUT2D eigenvalue weighted by Gasteiger charge is -2.05. The van der Waals surface area contributed by atoms with Crippen LogP contribution in [0.2, 0.25) is 5.02 Å². The molecule has 0 bridgehead atoms. The summed E-state index contributed by atoms with van der Waals surface area (Å²) in [6.07, 6.45) is 4.30. The summed E-state index contributed by atoms with van der Waals surface area (Å²) in [6.45, 7) is 2.56. The van der Waals surface area contributed by atoms with E-state index in [4.69, 9.17) is 16.7 Å². The Hall–Kier alpha value is -2.07. The monoisotopic (exact) mass is 276 g/mol. The minimum atomic E-state index is -0.953. The lowest BCUT2D eigenvalue weighted by atomic mass is 10.1. The maximum absolute atomic E-state index is 10.4. The number of aliphatic carboxylic acids is 1. The van der Waals surface area contributed by atoms with Crippen LogP contribution in [0.1, 0.15) is 16.8 Å². The highest BCUT2D eigenvalue weighted by Gasteiger charge is 2.04. The molecule has 0 aliphatic carbocycles. The molecule has 0 saturated heterocycles. The molecule has 5 heteroatoms. The van der Waals surface area contributed by atoms with Crippen molar-refractivity contribution < 1.29 is 9.90 Å². The highest BCUT2D eigenvalue weighted by molar-refractivity contribution is 6.31. The van der Waals surface area contributed by atoms with Crippen molar-refractivity contribution in [1.29, 1.82) is 0 Å². The highest BCUT2D eigenvalue weighted by atomic mass is 35.5. The molecule has 98 valence electrons. The first-order valence-electron chi connectivity index (χ1n) is 5.74. The third-order valence-corrected chi connectivity index (χ3v) is 3.14. The third-order valence-electron chi connectivity index (χ3n) is 2.77. The minimum Gasteiger partial charge on any atom is -0.478 e. The number of hydrogen-bond donors (Lipinski definition) is 1. The van der Waals surface area contributed by atoms with E-state index in [0.29, 0.717) is 11.6 Å². The molecular formula is C14H13ClN2O2. The van der Waals surface area contributed by atoms with Crippen molar-refractivity contribution in [3.63, 3.8) is 0 Å². The van der Waals surface area contributed by atoms with E-state index in [9.17, 15) is 4.79 Å². The number of hydrogen-bond acceptors (Lipinski definition) is 2. The van der Waals surface area contributed by atoms with E-state index in [1.54, 1.807) is 12.3 Å². The van der Waals surface area contributed by atoms with Crippen LogP contribution in [0.4, 0.5) is 0 Å². The van der Waals surface area contributed by atoms with Crippen LogP contribution in [0, 0.1) is 6.92 Å². The number of halogens is 1. The summed E-state index contributed by atoms with van der Waals surface area (Å²) in [7, 11) is 0. The molecule has 2 rings (SSSR count). The Morgan fingerprint density at radius 1 is 1.42 bits per heavy atom. The zero-order valence-electron chi connectivity index (χ0n) is 10.4. The van der Waals surface area contributed by atoms with Gasteiger partial charge in [-0.05, 0) is 24.1 Å². The molecule has 0 aliphatic rings. The summed E-state index contributed by atoms with van der Waals surface area (Å²) in [6, 6.07) is 7.62. The molecule has 19 heavy (non-hydrogen) atoms. The van der Waals surface area contributed by atoms with Crippen molar-refractivity contribution >= 4 is 23.6 Å². The second-order valence-corrected chi connectivity index (χ2v) is 4.56. The van der Waals surface area contributed by atoms with Crippen LogP contribution in [0.15, 0.2) is 36.5 Å². The largest absolute Gasteiger partial charge is 0.478 e. The van der Waals surface area contributed by atoms with Gasteiger partial charge >= 0.3 is 5.97 Å². The van der Waals surface area contributed by atoms with Gasteiger partial charge in [-0.15, -0.1) is 0 Å². The highest BCUT2D eigenvalue weighted by Crippen LogP contribution is 2.15. The maximum Gasteiger partial charge on any atom is 0.328 e. The van der Waals surface area contributed by atoms with Gasteiger partial charge in [0.15, 0.2) is 0 Å². The predicted molar refractivity (Wildman–Crippen MR) is 74.2 cm³/mol.